The summed E-state index contributed by atoms with van der Waals surface area (Å²) < 4.78 is 5.32. The summed E-state index contributed by atoms with van der Waals surface area (Å²) in [5.41, 5.74) is 4.99. The summed E-state index contributed by atoms with van der Waals surface area (Å²) >= 11 is 0. The monoisotopic (exact) mass is 255 g/mol. The van der Waals surface area contributed by atoms with Gasteiger partial charge in [0, 0.05) is 12.8 Å². The molecule has 0 aliphatic rings. The molecule has 1 atom stereocenters. The van der Waals surface area contributed by atoms with Gasteiger partial charge in [0.15, 0.2) is 0 Å². The second kappa shape index (κ2) is 6.39. The first kappa shape index (κ1) is 13.6. The van der Waals surface area contributed by atoms with Gasteiger partial charge in [-0.05, 0) is 42.7 Å². The molecule has 0 spiro atoms. The molecular formula is C17H21NO. The molecule has 0 heterocycles. The molecule has 2 rings (SSSR count). The highest BCUT2D eigenvalue weighted by Gasteiger charge is 2.10. The van der Waals surface area contributed by atoms with Gasteiger partial charge < -0.3 is 10.1 Å². The Morgan fingerprint density at radius 1 is 1.00 bits per heavy atom. The molecule has 2 heteroatoms. The third-order valence-corrected chi connectivity index (χ3v) is 3.38. The Hall–Kier alpha value is -1.80. The van der Waals surface area contributed by atoms with Crippen molar-refractivity contribution < 1.29 is 4.74 Å². The number of nitrogens with one attached hydrogen (secondary N) is 1. The lowest BCUT2D eigenvalue weighted by Crippen LogP contribution is -2.16. The van der Waals surface area contributed by atoms with E-state index in [2.05, 4.69) is 61.6 Å². The second-order valence-corrected chi connectivity index (χ2v) is 4.86. The Balaban J connectivity index is 2.19. The van der Waals surface area contributed by atoms with Crippen LogP contribution in [0.15, 0.2) is 48.5 Å². The quantitative estimate of drug-likeness (QED) is 0.868. The van der Waals surface area contributed by atoms with Crippen LogP contribution in [0.25, 0.3) is 0 Å². The van der Waals surface area contributed by atoms with E-state index in [1.807, 2.05) is 6.07 Å². The van der Waals surface area contributed by atoms with E-state index in [-0.39, 0.29) is 6.04 Å². The molecule has 2 nitrogen and oxygen atoms in total. The number of rotatable bonds is 5. The summed E-state index contributed by atoms with van der Waals surface area (Å²) in [6, 6.07) is 17.0. The minimum Gasteiger partial charge on any atom is -0.382 e. The van der Waals surface area contributed by atoms with Crippen molar-refractivity contribution in [3.8, 4) is 0 Å². The van der Waals surface area contributed by atoms with Crippen molar-refractivity contribution in [1.82, 2.24) is 0 Å². The van der Waals surface area contributed by atoms with E-state index < -0.39 is 0 Å². The van der Waals surface area contributed by atoms with Crippen LogP contribution in [0.3, 0.4) is 0 Å². The molecule has 1 unspecified atom stereocenters. The highest BCUT2D eigenvalue weighted by molar-refractivity contribution is 5.49. The van der Waals surface area contributed by atoms with E-state index >= 15 is 0 Å². The molecule has 0 aliphatic carbocycles. The Kier molecular flexibility index (Phi) is 4.58. The van der Waals surface area contributed by atoms with Gasteiger partial charge in [-0.3, -0.25) is 0 Å². The zero-order chi connectivity index (χ0) is 13.7. The van der Waals surface area contributed by atoms with E-state index in [4.69, 9.17) is 4.74 Å². The van der Waals surface area contributed by atoms with Crippen LogP contribution in [-0.2, 0) is 4.74 Å². The largest absolute Gasteiger partial charge is 0.382 e. The molecule has 2 aromatic carbocycles. The number of aryl methyl sites for hydroxylation is 2. The Bertz CT molecular complexity index is 522. The summed E-state index contributed by atoms with van der Waals surface area (Å²) in [4.78, 5) is 0. The fourth-order valence-electron chi connectivity index (χ4n) is 2.11. The molecular weight excluding hydrogens is 234 g/mol. The lowest BCUT2D eigenvalue weighted by Gasteiger charge is -2.20. The number of methoxy groups -OCH3 is 1. The number of ether oxygens (including phenoxy) is 1. The van der Waals surface area contributed by atoms with Crippen molar-refractivity contribution in [2.75, 3.05) is 19.0 Å². The molecule has 1 N–H and O–H groups in total. The van der Waals surface area contributed by atoms with Crippen molar-refractivity contribution >= 4 is 5.69 Å². The molecule has 0 amide bonds. The van der Waals surface area contributed by atoms with Gasteiger partial charge in [0.25, 0.3) is 0 Å². The van der Waals surface area contributed by atoms with Gasteiger partial charge in [0.2, 0.25) is 0 Å². The average Bonchev–Trinajstić information content (AvgIpc) is 2.43. The van der Waals surface area contributed by atoms with E-state index in [1.54, 1.807) is 7.11 Å². The highest BCUT2D eigenvalue weighted by atomic mass is 16.5. The van der Waals surface area contributed by atoms with Gasteiger partial charge in [-0.1, -0.05) is 36.4 Å². The smallest absolute Gasteiger partial charge is 0.0747 e. The van der Waals surface area contributed by atoms with Gasteiger partial charge in [0.1, 0.15) is 0 Å². The van der Waals surface area contributed by atoms with Crippen LogP contribution < -0.4 is 5.32 Å². The molecule has 2 aromatic rings. The zero-order valence-electron chi connectivity index (χ0n) is 11.8. The van der Waals surface area contributed by atoms with Crippen LogP contribution >= 0.6 is 0 Å². The minimum atomic E-state index is 0.174. The summed E-state index contributed by atoms with van der Waals surface area (Å²) in [5.74, 6) is 0. The van der Waals surface area contributed by atoms with Crippen LogP contribution in [0.2, 0.25) is 0 Å². The SMILES string of the molecule is COCC(Nc1ccc(C)c(C)c1)c1ccccc1. The fourth-order valence-corrected chi connectivity index (χ4v) is 2.11. The molecule has 0 aliphatic heterocycles. The maximum Gasteiger partial charge on any atom is 0.0747 e. The number of hydrogen-bond acceptors (Lipinski definition) is 2. The zero-order valence-corrected chi connectivity index (χ0v) is 11.8. The van der Waals surface area contributed by atoms with Crippen molar-refractivity contribution in [2.24, 2.45) is 0 Å². The number of benzene rings is 2. The predicted molar refractivity (Wildman–Crippen MR) is 80.6 cm³/mol. The minimum absolute atomic E-state index is 0.174. The molecule has 0 aromatic heterocycles. The molecule has 100 valence electrons. The Morgan fingerprint density at radius 3 is 2.37 bits per heavy atom. The number of hydrogen-bond donors (Lipinski definition) is 1. The van der Waals surface area contributed by atoms with Crippen molar-refractivity contribution in [3.63, 3.8) is 0 Å². The van der Waals surface area contributed by atoms with E-state index in [9.17, 15) is 0 Å². The van der Waals surface area contributed by atoms with Gasteiger partial charge in [-0.2, -0.15) is 0 Å². The molecule has 0 radical (unpaired) electrons. The van der Waals surface area contributed by atoms with Crippen LogP contribution in [0.4, 0.5) is 5.69 Å². The third-order valence-electron chi connectivity index (χ3n) is 3.38. The maximum absolute atomic E-state index is 5.32. The van der Waals surface area contributed by atoms with Gasteiger partial charge in [-0.25, -0.2) is 0 Å². The topological polar surface area (TPSA) is 21.3 Å². The number of anilines is 1. The van der Waals surface area contributed by atoms with Gasteiger partial charge in [0.05, 0.1) is 12.6 Å². The lowest BCUT2D eigenvalue weighted by molar-refractivity contribution is 0.186. The van der Waals surface area contributed by atoms with Crippen molar-refractivity contribution in [3.05, 3.63) is 65.2 Å². The summed E-state index contributed by atoms with van der Waals surface area (Å²) in [6.07, 6.45) is 0. The van der Waals surface area contributed by atoms with Gasteiger partial charge in [-0.15, -0.1) is 0 Å². The first-order valence-corrected chi connectivity index (χ1v) is 6.58. The normalized spacial score (nSPS) is 12.2. The van der Waals surface area contributed by atoms with Crippen LogP contribution in [0.1, 0.15) is 22.7 Å². The molecule has 0 fully saturated rings. The highest BCUT2D eigenvalue weighted by Crippen LogP contribution is 2.21. The molecule has 19 heavy (non-hydrogen) atoms. The molecule has 0 saturated heterocycles. The van der Waals surface area contributed by atoms with Crippen LogP contribution in [0.5, 0.6) is 0 Å². The fraction of sp³-hybridized carbons (Fsp3) is 0.294. The first-order chi connectivity index (χ1) is 9.20. The maximum atomic E-state index is 5.32. The first-order valence-electron chi connectivity index (χ1n) is 6.58. The predicted octanol–water partition coefficient (Wildman–Crippen LogP) is 4.10. The summed E-state index contributed by atoms with van der Waals surface area (Å²) in [5, 5.41) is 3.54. The Morgan fingerprint density at radius 2 is 1.74 bits per heavy atom. The molecule has 0 saturated carbocycles. The van der Waals surface area contributed by atoms with Crippen LogP contribution in [-0.4, -0.2) is 13.7 Å². The summed E-state index contributed by atoms with van der Waals surface area (Å²) in [6.45, 7) is 4.91. The van der Waals surface area contributed by atoms with Gasteiger partial charge >= 0.3 is 0 Å². The summed E-state index contributed by atoms with van der Waals surface area (Å²) in [7, 11) is 1.73. The van der Waals surface area contributed by atoms with Crippen LogP contribution in [0, 0.1) is 13.8 Å². The second-order valence-electron chi connectivity index (χ2n) is 4.86. The van der Waals surface area contributed by atoms with E-state index in [1.165, 1.54) is 16.7 Å². The lowest BCUT2D eigenvalue weighted by atomic mass is 10.1. The Labute approximate surface area is 115 Å². The average molecular weight is 255 g/mol. The third kappa shape index (κ3) is 3.58. The van der Waals surface area contributed by atoms with E-state index in [0.717, 1.165) is 5.69 Å². The van der Waals surface area contributed by atoms with Crippen molar-refractivity contribution in [1.29, 1.82) is 0 Å². The standard InChI is InChI=1S/C17H21NO/c1-13-9-10-16(11-14(13)2)18-17(12-19-3)15-7-5-4-6-8-15/h4-11,17-18H,12H2,1-3H3. The van der Waals surface area contributed by atoms with E-state index in [0.29, 0.717) is 6.61 Å². The van der Waals surface area contributed by atoms with Crippen molar-refractivity contribution in [2.45, 2.75) is 19.9 Å². The molecule has 0 bridgehead atoms.